The van der Waals surface area contributed by atoms with Crippen LogP contribution in [-0.4, -0.2) is 26.2 Å². The third-order valence-corrected chi connectivity index (χ3v) is 2.60. The van der Waals surface area contributed by atoms with Crippen molar-refractivity contribution in [3.05, 3.63) is 29.8 Å². The number of guanidine groups is 1. The maximum absolute atomic E-state index is 5.79. The number of aliphatic imine (C=N–C) groups is 1. The van der Waals surface area contributed by atoms with E-state index in [1.54, 1.807) is 7.05 Å². The van der Waals surface area contributed by atoms with Gasteiger partial charge in [0.15, 0.2) is 5.96 Å². The number of ether oxygens (including phenoxy) is 1. The Morgan fingerprint density at radius 1 is 1.33 bits per heavy atom. The first-order valence-electron chi connectivity index (χ1n) is 6.13. The molecule has 0 aromatic heterocycles. The Morgan fingerprint density at radius 3 is 2.61 bits per heavy atom. The first-order chi connectivity index (χ1) is 8.45. The van der Waals surface area contributed by atoms with Gasteiger partial charge in [-0.05, 0) is 17.0 Å². The Hall–Kier alpha value is -1.71. The van der Waals surface area contributed by atoms with Gasteiger partial charge in [0.05, 0.1) is 6.54 Å². The number of hydrogen-bond donors (Lipinski definition) is 2. The number of nitrogens with one attached hydrogen (secondary N) is 1. The van der Waals surface area contributed by atoms with Crippen LogP contribution < -0.4 is 15.8 Å². The monoisotopic (exact) mass is 249 g/mol. The fraction of sp³-hybridized carbons (Fsp3) is 0.500. The van der Waals surface area contributed by atoms with Gasteiger partial charge in [0.25, 0.3) is 0 Å². The maximum Gasteiger partial charge on any atom is 0.188 e. The Labute approximate surface area is 109 Å². The quantitative estimate of drug-likeness (QED) is 0.487. The Bertz CT molecular complexity index is 408. The van der Waals surface area contributed by atoms with Gasteiger partial charge in [-0.25, -0.2) is 0 Å². The second-order valence-corrected chi connectivity index (χ2v) is 5.13. The van der Waals surface area contributed by atoms with Gasteiger partial charge < -0.3 is 15.8 Å². The molecule has 0 aliphatic heterocycles. The minimum Gasteiger partial charge on any atom is -0.491 e. The van der Waals surface area contributed by atoms with E-state index < -0.39 is 0 Å². The summed E-state index contributed by atoms with van der Waals surface area (Å²) in [6.45, 7) is 7.73. The van der Waals surface area contributed by atoms with Crippen molar-refractivity contribution in [1.82, 2.24) is 5.32 Å². The van der Waals surface area contributed by atoms with Crippen LogP contribution in [0.3, 0.4) is 0 Å². The zero-order chi connectivity index (χ0) is 13.6. The summed E-state index contributed by atoms with van der Waals surface area (Å²) in [6, 6.07) is 8.12. The fourth-order valence-corrected chi connectivity index (χ4v) is 1.63. The van der Waals surface area contributed by atoms with Crippen LogP contribution in [0.1, 0.15) is 26.3 Å². The molecule has 0 unspecified atom stereocenters. The van der Waals surface area contributed by atoms with Crippen molar-refractivity contribution < 1.29 is 4.74 Å². The molecule has 0 spiro atoms. The Morgan fingerprint density at radius 2 is 2.00 bits per heavy atom. The van der Waals surface area contributed by atoms with E-state index in [2.05, 4.69) is 37.1 Å². The van der Waals surface area contributed by atoms with Gasteiger partial charge in [-0.15, -0.1) is 0 Å². The molecule has 4 heteroatoms. The lowest BCUT2D eigenvalue weighted by Crippen LogP contribution is -2.34. The first-order valence-corrected chi connectivity index (χ1v) is 6.13. The molecule has 0 atom stereocenters. The third-order valence-electron chi connectivity index (χ3n) is 2.60. The van der Waals surface area contributed by atoms with Crippen molar-refractivity contribution in [2.45, 2.75) is 26.2 Å². The molecule has 1 aromatic carbocycles. The summed E-state index contributed by atoms with van der Waals surface area (Å²) in [5, 5.41) is 2.96. The highest BCUT2D eigenvalue weighted by Crippen LogP contribution is 2.30. The Kier molecular flexibility index (Phi) is 5.01. The van der Waals surface area contributed by atoms with Crippen LogP contribution in [0.5, 0.6) is 5.75 Å². The molecular formula is C14H23N3O. The summed E-state index contributed by atoms with van der Waals surface area (Å²) in [4.78, 5) is 3.82. The molecule has 1 aromatic rings. The van der Waals surface area contributed by atoms with E-state index in [0.29, 0.717) is 19.1 Å². The number of nitrogens with zero attached hydrogens (tertiary/aromatic N) is 1. The van der Waals surface area contributed by atoms with Gasteiger partial charge in [0.2, 0.25) is 0 Å². The zero-order valence-electron chi connectivity index (χ0n) is 11.7. The normalized spacial score (nSPS) is 12.3. The van der Waals surface area contributed by atoms with Gasteiger partial charge in [0, 0.05) is 7.05 Å². The van der Waals surface area contributed by atoms with Crippen molar-refractivity contribution >= 4 is 5.96 Å². The predicted octanol–water partition coefficient (Wildman–Crippen LogP) is 1.90. The summed E-state index contributed by atoms with van der Waals surface area (Å²) < 4.78 is 5.79. The van der Waals surface area contributed by atoms with Gasteiger partial charge >= 0.3 is 0 Å². The van der Waals surface area contributed by atoms with Crippen LogP contribution >= 0.6 is 0 Å². The number of benzene rings is 1. The molecule has 0 bridgehead atoms. The average molecular weight is 249 g/mol. The smallest absolute Gasteiger partial charge is 0.188 e. The van der Waals surface area contributed by atoms with E-state index in [1.807, 2.05) is 18.2 Å². The van der Waals surface area contributed by atoms with Crippen LogP contribution in [0.2, 0.25) is 0 Å². The zero-order valence-corrected chi connectivity index (χ0v) is 11.7. The molecule has 4 nitrogen and oxygen atoms in total. The molecule has 0 saturated heterocycles. The van der Waals surface area contributed by atoms with Crippen LogP contribution in [0.4, 0.5) is 0 Å². The van der Waals surface area contributed by atoms with E-state index in [1.165, 1.54) is 5.56 Å². The number of rotatable bonds is 4. The summed E-state index contributed by atoms with van der Waals surface area (Å²) in [5.74, 6) is 1.36. The van der Waals surface area contributed by atoms with Crippen LogP contribution in [0.25, 0.3) is 0 Å². The maximum atomic E-state index is 5.79. The first kappa shape index (κ1) is 14.4. The van der Waals surface area contributed by atoms with Crippen molar-refractivity contribution in [1.29, 1.82) is 0 Å². The highest BCUT2D eigenvalue weighted by Gasteiger charge is 2.18. The molecule has 0 saturated carbocycles. The number of hydrogen-bond acceptors (Lipinski definition) is 2. The highest BCUT2D eigenvalue weighted by atomic mass is 16.5. The molecule has 0 radical (unpaired) electrons. The Balaban J connectivity index is 2.58. The van der Waals surface area contributed by atoms with Crippen molar-refractivity contribution in [3.8, 4) is 5.75 Å². The molecule has 0 aliphatic rings. The van der Waals surface area contributed by atoms with Gasteiger partial charge in [-0.3, -0.25) is 4.99 Å². The minimum absolute atomic E-state index is 0.0773. The van der Waals surface area contributed by atoms with E-state index in [-0.39, 0.29) is 5.41 Å². The molecule has 0 aliphatic carbocycles. The topological polar surface area (TPSA) is 59.6 Å². The van der Waals surface area contributed by atoms with Crippen molar-refractivity contribution in [3.63, 3.8) is 0 Å². The molecule has 18 heavy (non-hydrogen) atoms. The molecule has 100 valence electrons. The summed E-state index contributed by atoms with van der Waals surface area (Å²) in [7, 11) is 1.65. The lowest BCUT2D eigenvalue weighted by molar-refractivity contribution is 0.313. The molecule has 1 rings (SSSR count). The lowest BCUT2D eigenvalue weighted by Gasteiger charge is -2.22. The second kappa shape index (κ2) is 6.28. The van der Waals surface area contributed by atoms with Crippen molar-refractivity contribution in [2.24, 2.45) is 10.7 Å². The lowest BCUT2D eigenvalue weighted by atomic mass is 9.86. The summed E-state index contributed by atoms with van der Waals surface area (Å²) in [5.41, 5.74) is 6.82. The third kappa shape index (κ3) is 4.28. The largest absolute Gasteiger partial charge is 0.491 e. The standard InChI is InChI=1S/C14H23N3O/c1-14(2,3)11-7-5-6-8-12(11)18-10-9-17-13(15)16-4/h5-8H,9-10H2,1-4H3,(H3,15,16,17). The summed E-state index contributed by atoms with van der Waals surface area (Å²) >= 11 is 0. The SMILES string of the molecule is CN=C(N)NCCOc1ccccc1C(C)(C)C. The van der Waals surface area contributed by atoms with Crippen LogP contribution in [0.15, 0.2) is 29.3 Å². The minimum atomic E-state index is 0.0773. The van der Waals surface area contributed by atoms with Gasteiger partial charge in [-0.2, -0.15) is 0 Å². The van der Waals surface area contributed by atoms with Crippen LogP contribution in [-0.2, 0) is 5.41 Å². The predicted molar refractivity (Wildman–Crippen MR) is 76.2 cm³/mol. The molecule has 0 heterocycles. The van der Waals surface area contributed by atoms with E-state index in [9.17, 15) is 0 Å². The van der Waals surface area contributed by atoms with E-state index in [0.717, 1.165) is 5.75 Å². The van der Waals surface area contributed by atoms with Gasteiger partial charge in [0.1, 0.15) is 12.4 Å². The van der Waals surface area contributed by atoms with Crippen molar-refractivity contribution in [2.75, 3.05) is 20.2 Å². The van der Waals surface area contributed by atoms with Crippen LogP contribution in [0, 0.1) is 0 Å². The molecule has 0 amide bonds. The van der Waals surface area contributed by atoms with Gasteiger partial charge in [-0.1, -0.05) is 39.0 Å². The molecular weight excluding hydrogens is 226 g/mol. The van der Waals surface area contributed by atoms with E-state index in [4.69, 9.17) is 10.5 Å². The highest BCUT2D eigenvalue weighted by molar-refractivity contribution is 5.77. The molecule has 0 fully saturated rings. The average Bonchev–Trinajstić information content (AvgIpc) is 2.33. The molecule has 3 N–H and O–H groups in total. The fourth-order valence-electron chi connectivity index (χ4n) is 1.63. The number of nitrogens with two attached hydrogens (primary N) is 1. The number of para-hydroxylation sites is 1. The van der Waals surface area contributed by atoms with E-state index >= 15 is 0 Å². The second-order valence-electron chi connectivity index (χ2n) is 5.13. The summed E-state index contributed by atoms with van der Waals surface area (Å²) in [6.07, 6.45) is 0.